The lowest BCUT2D eigenvalue weighted by atomic mass is 10.1. The normalized spacial score (nSPS) is 12.3. The van der Waals surface area contributed by atoms with Crippen molar-refractivity contribution in [1.29, 1.82) is 0 Å². The lowest BCUT2D eigenvalue weighted by Gasteiger charge is -2.18. The van der Waals surface area contributed by atoms with Gasteiger partial charge in [0.15, 0.2) is 6.10 Å². The molecule has 0 bridgehead atoms. The molecule has 0 aliphatic carbocycles. The quantitative estimate of drug-likeness (QED) is 0.0262. The molecule has 0 aliphatic heterocycles. The molecule has 1 atom stereocenters. The van der Waals surface area contributed by atoms with Gasteiger partial charge >= 0.3 is 17.9 Å². The summed E-state index contributed by atoms with van der Waals surface area (Å²) in [5, 5.41) is 0. The highest BCUT2D eigenvalue weighted by Crippen LogP contribution is 2.15. The van der Waals surface area contributed by atoms with Crippen LogP contribution in [0.15, 0.2) is 48.6 Å². The summed E-state index contributed by atoms with van der Waals surface area (Å²) in [4.78, 5) is 38.0. The van der Waals surface area contributed by atoms with Gasteiger partial charge in [-0.2, -0.15) is 0 Å². The molecular weight excluding hydrogens is 817 g/mol. The summed E-state index contributed by atoms with van der Waals surface area (Å²) in [7, 11) is 0. The van der Waals surface area contributed by atoms with Crippen molar-refractivity contribution < 1.29 is 28.6 Å². The Balaban J connectivity index is 4.29. The van der Waals surface area contributed by atoms with E-state index in [0.717, 1.165) is 77.0 Å². The van der Waals surface area contributed by atoms with Crippen LogP contribution >= 0.6 is 0 Å². The van der Waals surface area contributed by atoms with Gasteiger partial charge in [-0.3, -0.25) is 14.4 Å². The highest BCUT2D eigenvalue weighted by atomic mass is 16.6. The fourth-order valence-electron chi connectivity index (χ4n) is 8.21. The number of carbonyl (C=O) groups is 3. The number of hydrogen-bond acceptors (Lipinski definition) is 6. The summed E-state index contributed by atoms with van der Waals surface area (Å²) in [6.45, 7) is 6.62. The van der Waals surface area contributed by atoms with Crippen LogP contribution in [0.2, 0.25) is 0 Å². The molecule has 0 amide bonds. The largest absolute Gasteiger partial charge is 0.462 e. The number of ether oxygens (including phenoxy) is 3. The van der Waals surface area contributed by atoms with Gasteiger partial charge in [-0.1, -0.05) is 243 Å². The van der Waals surface area contributed by atoms with Crippen LogP contribution in [0.3, 0.4) is 0 Å². The summed E-state index contributed by atoms with van der Waals surface area (Å²) in [6, 6.07) is 0. The van der Waals surface area contributed by atoms with Gasteiger partial charge in [-0.25, -0.2) is 0 Å². The van der Waals surface area contributed by atoms with E-state index in [0.29, 0.717) is 19.3 Å². The number of carbonyl (C=O) groups excluding carboxylic acids is 3. The third kappa shape index (κ3) is 52.3. The molecular formula is C60H108O6. The molecule has 0 rings (SSSR count). The molecule has 0 aromatic rings. The van der Waals surface area contributed by atoms with E-state index in [-0.39, 0.29) is 31.1 Å². The molecule has 0 aromatic carbocycles. The predicted molar refractivity (Wildman–Crippen MR) is 284 cm³/mol. The van der Waals surface area contributed by atoms with Crippen LogP contribution in [-0.2, 0) is 28.6 Å². The Kier molecular flexibility index (Phi) is 52.8. The highest BCUT2D eigenvalue weighted by Gasteiger charge is 2.19. The van der Waals surface area contributed by atoms with Gasteiger partial charge in [-0.15, -0.1) is 0 Å². The molecule has 0 saturated heterocycles. The molecule has 0 heterocycles. The van der Waals surface area contributed by atoms with Gasteiger partial charge in [-0.05, 0) is 83.5 Å². The van der Waals surface area contributed by atoms with Crippen LogP contribution < -0.4 is 0 Å². The second-order valence-electron chi connectivity index (χ2n) is 19.2. The number of hydrogen-bond donors (Lipinski definition) is 0. The van der Waals surface area contributed by atoms with E-state index in [2.05, 4.69) is 69.4 Å². The second-order valence-corrected chi connectivity index (χ2v) is 19.2. The third-order valence-corrected chi connectivity index (χ3v) is 12.6. The molecule has 0 radical (unpaired) electrons. The first-order valence-electron chi connectivity index (χ1n) is 28.6. The number of rotatable bonds is 52. The van der Waals surface area contributed by atoms with Gasteiger partial charge < -0.3 is 14.2 Å². The van der Waals surface area contributed by atoms with E-state index < -0.39 is 6.10 Å². The number of unbranched alkanes of at least 4 members (excludes halogenated alkanes) is 33. The minimum Gasteiger partial charge on any atom is -0.462 e. The summed E-state index contributed by atoms with van der Waals surface area (Å²) in [5.41, 5.74) is 0. The Hall–Kier alpha value is -2.63. The smallest absolute Gasteiger partial charge is 0.306 e. The maximum Gasteiger partial charge on any atom is 0.306 e. The average molecular weight is 926 g/mol. The summed E-state index contributed by atoms with van der Waals surface area (Å²) in [5.74, 6) is -0.885. The van der Waals surface area contributed by atoms with E-state index >= 15 is 0 Å². The van der Waals surface area contributed by atoms with Crippen LogP contribution in [0.4, 0.5) is 0 Å². The Morgan fingerprint density at radius 1 is 0.303 bits per heavy atom. The van der Waals surface area contributed by atoms with Crippen LogP contribution in [-0.4, -0.2) is 37.2 Å². The van der Waals surface area contributed by atoms with Gasteiger partial charge in [0.05, 0.1) is 0 Å². The average Bonchev–Trinajstić information content (AvgIpc) is 3.31. The maximum atomic E-state index is 12.8. The van der Waals surface area contributed by atoms with Gasteiger partial charge in [0, 0.05) is 19.3 Å². The monoisotopic (exact) mass is 925 g/mol. The standard InChI is InChI=1S/C60H108O6/c1-4-7-10-13-16-19-21-23-25-27-29-30-31-33-34-36-38-41-44-47-50-53-59(62)65-56-57(55-64-58(61)52-49-46-43-40-18-15-12-9-6-3)66-60(63)54-51-48-45-42-39-37-35-32-28-26-24-22-20-17-14-11-8-5-2/h21,23,26-29,31,33,57H,4-20,22,24-25,30,32,34-56H2,1-3H3/b23-21-,28-26-,29-27-,33-31-. The van der Waals surface area contributed by atoms with Crippen molar-refractivity contribution in [2.24, 2.45) is 0 Å². The molecule has 0 N–H and O–H groups in total. The van der Waals surface area contributed by atoms with Crippen molar-refractivity contribution in [1.82, 2.24) is 0 Å². The van der Waals surface area contributed by atoms with Gasteiger partial charge in [0.25, 0.3) is 0 Å². The van der Waals surface area contributed by atoms with Crippen molar-refractivity contribution in [3.63, 3.8) is 0 Å². The summed E-state index contributed by atoms with van der Waals surface area (Å²) in [6.07, 6.45) is 66.8. The molecule has 0 fully saturated rings. The number of esters is 3. The Labute approximate surface area is 409 Å². The Morgan fingerprint density at radius 2 is 0.545 bits per heavy atom. The second kappa shape index (κ2) is 55.0. The zero-order valence-electron chi connectivity index (χ0n) is 44.0. The van der Waals surface area contributed by atoms with Crippen LogP contribution in [0.5, 0.6) is 0 Å². The molecule has 0 spiro atoms. The Bertz CT molecular complexity index is 1150. The maximum absolute atomic E-state index is 12.8. The van der Waals surface area contributed by atoms with E-state index in [9.17, 15) is 14.4 Å². The lowest BCUT2D eigenvalue weighted by Crippen LogP contribution is -2.30. The molecule has 6 nitrogen and oxygen atoms in total. The molecule has 0 saturated carbocycles. The molecule has 0 aromatic heterocycles. The molecule has 1 unspecified atom stereocenters. The number of allylic oxidation sites excluding steroid dienone is 8. The molecule has 6 heteroatoms. The fraction of sp³-hybridized carbons (Fsp3) is 0.817. The van der Waals surface area contributed by atoms with E-state index in [1.807, 2.05) is 0 Å². The molecule has 384 valence electrons. The summed E-state index contributed by atoms with van der Waals surface area (Å²) >= 11 is 0. The molecule has 0 aliphatic rings. The minimum atomic E-state index is -0.778. The van der Waals surface area contributed by atoms with Crippen LogP contribution in [0, 0.1) is 0 Å². The van der Waals surface area contributed by atoms with Crippen molar-refractivity contribution in [3.8, 4) is 0 Å². The van der Waals surface area contributed by atoms with Gasteiger partial charge in [0.2, 0.25) is 0 Å². The first-order chi connectivity index (χ1) is 32.5. The fourth-order valence-corrected chi connectivity index (χ4v) is 8.21. The van der Waals surface area contributed by atoms with E-state index in [1.54, 1.807) is 0 Å². The zero-order valence-corrected chi connectivity index (χ0v) is 44.0. The zero-order chi connectivity index (χ0) is 47.9. The van der Waals surface area contributed by atoms with Crippen LogP contribution in [0.1, 0.15) is 297 Å². The van der Waals surface area contributed by atoms with Crippen molar-refractivity contribution in [2.45, 2.75) is 303 Å². The topological polar surface area (TPSA) is 78.9 Å². The lowest BCUT2D eigenvalue weighted by molar-refractivity contribution is -0.167. The van der Waals surface area contributed by atoms with Crippen molar-refractivity contribution >= 4 is 17.9 Å². The van der Waals surface area contributed by atoms with Gasteiger partial charge in [0.1, 0.15) is 13.2 Å². The van der Waals surface area contributed by atoms with E-state index in [4.69, 9.17) is 14.2 Å². The first-order valence-corrected chi connectivity index (χ1v) is 28.6. The predicted octanol–water partition coefficient (Wildman–Crippen LogP) is 19.0. The van der Waals surface area contributed by atoms with Crippen molar-refractivity contribution in [3.05, 3.63) is 48.6 Å². The van der Waals surface area contributed by atoms with E-state index in [1.165, 1.54) is 180 Å². The summed E-state index contributed by atoms with van der Waals surface area (Å²) < 4.78 is 16.8. The third-order valence-electron chi connectivity index (χ3n) is 12.6. The minimum absolute atomic E-state index is 0.0769. The van der Waals surface area contributed by atoms with Crippen molar-refractivity contribution in [2.75, 3.05) is 13.2 Å². The molecule has 66 heavy (non-hydrogen) atoms. The highest BCUT2D eigenvalue weighted by molar-refractivity contribution is 5.71. The SMILES string of the molecule is CCCCCCC/C=C\C/C=C\C/C=C\CCCCCCCCC(=O)OCC(COC(=O)CCCCCCCCCCC)OC(=O)CCCCCCCCC/C=C\CCCCCCCCC. The first kappa shape index (κ1) is 63.4. The van der Waals surface area contributed by atoms with Crippen LogP contribution in [0.25, 0.3) is 0 Å². The Morgan fingerprint density at radius 3 is 0.864 bits per heavy atom.